The van der Waals surface area contributed by atoms with Crippen molar-refractivity contribution in [2.45, 2.75) is 135 Å². The van der Waals surface area contributed by atoms with E-state index in [1.54, 1.807) is 6.20 Å². The molecule has 0 saturated carbocycles. The molecule has 9 heteroatoms. The highest BCUT2D eigenvalue weighted by molar-refractivity contribution is 5.69. The fourth-order valence-corrected chi connectivity index (χ4v) is 4.41. The van der Waals surface area contributed by atoms with Crippen LogP contribution in [0, 0.1) is 5.92 Å². The molecule has 0 aliphatic rings. The van der Waals surface area contributed by atoms with Crippen LogP contribution in [-0.4, -0.2) is 49.6 Å². The molecule has 216 valence electrons. The fraction of sp³-hybridized carbons (Fsp3) is 0.759. The quantitative estimate of drug-likeness (QED) is 0.136. The third-order valence-corrected chi connectivity index (χ3v) is 6.79. The van der Waals surface area contributed by atoms with Crippen molar-refractivity contribution in [3.05, 3.63) is 36.2 Å². The van der Waals surface area contributed by atoms with Gasteiger partial charge in [-0.25, -0.2) is 9.97 Å². The number of nitrogens with zero attached hydrogens (tertiary/aromatic N) is 2. The number of aromatic nitrogens is 2. The van der Waals surface area contributed by atoms with Crippen molar-refractivity contribution >= 4 is 5.97 Å². The third-order valence-electron chi connectivity index (χ3n) is 6.79. The standard InChI is InChI=1S/C29H48N2O7/c1-21(2)14-12-10-8-6-4-5-7-9-11-13-15-28(34)38-22(3)29(35)26(33)17-25(32)24-19-36-27(31-24)16-23-18-30-20-37-23/h18-22,25-26,29,32-33,35H,4-17H2,1-3H3/t22-,25+,26-,29+/m0/s1. The summed E-state index contributed by atoms with van der Waals surface area (Å²) in [6.07, 6.45) is 13.1. The van der Waals surface area contributed by atoms with Gasteiger partial charge >= 0.3 is 5.97 Å². The second kappa shape index (κ2) is 18.1. The summed E-state index contributed by atoms with van der Waals surface area (Å²) in [5.41, 5.74) is 0.233. The summed E-state index contributed by atoms with van der Waals surface area (Å²) in [5, 5.41) is 31.1. The minimum Gasteiger partial charge on any atom is -0.460 e. The highest BCUT2D eigenvalue weighted by atomic mass is 16.6. The lowest BCUT2D eigenvalue weighted by atomic mass is 10.0. The lowest BCUT2D eigenvalue weighted by molar-refractivity contribution is -0.159. The van der Waals surface area contributed by atoms with E-state index in [9.17, 15) is 20.1 Å². The molecule has 2 aromatic heterocycles. The van der Waals surface area contributed by atoms with Crippen molar-refractivity contribution in [3.8, 4) is 0 Å². The molecule has 0 saturated heterocycles. The third kappa shape index (κ3) is 13.0. The zero-order valence-electron chi connectivity index (χ0n) is 23.4. The molecule has 38 heavy (non-hydrogen) atoms. The smallest absolute Gasteiger partial charge is 0.306 e. The number of unbranched alkanes of at least 4 members (excludes halogenated alkanes) is 9. The van der Waals surface area contributed by atoms with E-state index in [0.29, 0.717) is 18.1 Å². The maximum Gasteiger partial charge on any atom is 0.306 e. The molecule has 0 aliphatic carbocycles. The molecule has 3 N–H and O–H groups in total. The Kier molecular flexibility index (Phi) is 15.3. The van der Waals surface area contributed by atoms with Gasteiger partial charge in [-0.2, -0.15) is 0 Å². The SMILES string of the molecule is CC(C)CCCCCCCCCCCCC(=O)O[C@@H](C)[C@@H](O)[C@@H](O)C[C@@H](O)c1coc(Cc2cnco2)n1. The predicted molar refractivity (Wildman–Crippen MR) is 143 cm³/mol. The summed E-state index contributed by atoms with van der Waals surface area (Å²) in [4.78, 5) is 20.2. The maximum atomic E-state index is 12.2. The molecule has 0 spiro atoms. The number of carbonyl (C=O) groups excluding carboxylic acids is 1. The number of ether oxygens (including phenoxy) is 1. The second-order valence-corrected chi connectivity index (χ2v) is 10.8. The molecule has 0 amide bonds. The molecular formula is C29H48N2O7. The van der Waals surface area contributed by atoms with Crippen molar-refractivity contribution in [3.63, 3.8) is 0 Å². The van der Waals surface area contributed by atoms with Crippen LogP contribution in [0.5, 0.6) is 0 Å². The van der Waals surface area contributed by atoms with E-state index in [0.717, 1.165) is 25.2 Å². The van der Waals surface area contributed by atoms with Gasteiger partial charge in [0.15, 0.2) is 6.39 Å². The zero-order valence-corrected chi connectivity index (χ0v) is 23.4. The van der Waals surface area contributed by atoms with E-state index >= 15 is 0 Å². The van der Waals surface area contributed by atoms with Crippen LogP contribution in [0.1, 0.15) is 128 Å². The number of oxazole rings is 2. The van der Waals surface area contributed by atoms with E-state index in [4.69, 9.17) is 13.6 Å². The van der Waals surface area contributed by atoms with Gasteiger partial charge in [-0.05, 0) is 19.3 Å². The van der Waals surface area contributed by atoms with Crippen LogP contribution in [0.4, 0.5) is 0 Å². The van der Waals surface area contributed by atoms with E-state index in [1.165, 1.54) is 70.9 Å². The molecule has 0 unspecified atom stereocenters. The topological polar surface area (TPSA) is 139 Å². The molecule has 0 aromatic carbocycles. The van der Waals surface area contributed by atoms with Crippen molar-refractivity contribution in [2.75, 3.05) is 0 Å². The van der Waals surface area contributed by atoms with E-state index in [-0.39, 0.29) is 24.5 Å². The summed E-state index contributed by atoms with van der Waals surface area (Å²) in [7, 11) is 0. The molecule has 0 radical (unpaired) electrons. The van der Waals surface area contributed by atoms with Crippen molar-refractivity contribution in [1.29, 1.82) is 0 Å². The molecule has 9 nitrogen and oxygen atoms in total. The van der Waals surface area contributed by atoms with Gasteiger partial charge in [-0.1, -0.05) is 78.1 Å². The van der Waals surface area contributed by atoms with Crippen LogP contribution < -0.4 is 0 Å². The number of rotatable bonds is 21. The normalized spacial score (nSPS) is 14.9. The number of carbonyl (C=O) groups is 1. The number of aliphatic hydroxyl groups is 3. The summed E-state index contributed by atoms with van der Waals surface area (Å²) in [5.74, 6) is 1.32. The first-order chi connectivity index (χ1) is 18.3. The van der Waals surface area contributed by atoms with Crippen molar-refractivity contribution in [2.24, 2.45) is 5.92 Å². The highest BCUT2D eigenvalue weighted by Gasteiger charge is 2.29. The number of aliphatic hydroxyl groups excluding tert-OH is 3. The first-order valence-electron chi connectivity index (χ1n) is 14.3. The Morgan fingerprint density at radius 1 is 0.921 bits per heavy atom. The van der Waals surface area contributed by atoms with Crippen LogP contribution in [0.25, 0.3) is 0 Å². The van der Waals surface area contributed by atoms with Gasteiger partial charge in [0.2, 0.25) is 5.89 Å². The van der Waals surface area contributed by atoms with E-state index < -0.39 is 24.4 Å². The highest BCUT2D eigenvalue weighted by Crippen LogP contribution is 2.22. The van der Waals surface area contributed by atoms with Crippen LogP contribution in [0.3, 0.4) is 0 Å². The molecule has 2 heterocycles. The minimum absolute atomic E-state index is 0.185. The van der Waals surface area contributed by atoms with Crippen molar-refractivity contribution < 1.29 is 33.7 Å². The maximum absolute atomic E-state index is 12.2. The largest absolute Gasteiger partial charge is 0.460 e. The average molecular weight is 537 g/mol. The summed E-state index contributed by atoms with van der Waals surface area (Å²) < 4.78 is 15.8. The fourth-order valence-electron chi connectivity index (χ4n) is 4.41. The monoisotopic (exact) mass is 536 g/mol. The lowest BCUT2D eigenvalue weighted by Gasteiger charge is -2.25. The molecular weight excluding hydrogens is 488 g/mol. The Labute approximate surface area is 227 Å². The van der Waals surface area contributed by atoms with Crippen LogP contribution in [0.15, 0.2) is 27.7 Å². The van der Waals surface area contributed by atoms with Gasteiger partial charge in [-0.3, -0.25) is 4.79 Å². The number of hydrogen-bond donors (Lipinski definition) is 3. The summed E-state index contributed by atoms with van der Waals surface area (Å²) in [6.45, 7) is 6.09. The van der Waals surface area contributed by atoms with Crippen molar-refractivity contribution in [1.82, 2.24) is 9.97 Å². The zero-order chi connectivity index (χ0) is 27.8. The Morgan fingerprint density at radius 3 is 2.16 bits per heavy atom. The Balaban J connectivity index is 1.53. The summed E-state index contributed by atoms with van der Waals surface area (Å²) in [6, 6.07) is 0. The van der Waals surface area contributed by atoms with Crippen LogP contribution >= 0.6 is 0 Å². The Hall–Kier alpha value is -2.23. The predicted octanol–water partition coefficient (Wildman–Crippen LogP) is 5.67. The van der Waals surface area contributed by atoms with Gasteiger partial charge in [0, 0.05) is 12.8 Å². The van der Waals surface area contributed by atoms with Crippen LogP contribution in [0.2, 0.25) is 0 Å². The molecule has 0 fully saturated rings. The molecule has 0 bridgehead atoms. The molecule has 2 rings (SSSR count). The van der Waals surface area contributed by atoms with Gasteiger partial charge in [0.1, 0.15) is 36.0 Å². The lowest BCUT2D eigenvalue weighted by Crippen LogP contribution is -2.39. The number of esters is 1. The molecule has 2 aromatic rings. The Morgan fingerprint density at radius 2 is 1.55 bits per heavy atom. The Bertz CT molecular complexity index is 868. The van der Waals surface area contributed by atoms with E-state index in [2.05, 4.69) is 23.8 Å². The average Bonchev–Trinajstić information content (AvgIpc) is 3.56. The van der Waals surface area contributed by atoms with Gasteiger partial charge < -0.3 is 28.9 Å². The first-order valence-corrected chi connectivity index (χ1v) is 14.3. The molecule has 0 aliphatic heterocycles. The van der Waals surface area contributed by atoms with Gasteiger partial charge in [0.05, 0.1) is 18.7 Å². The van der Waals surface area contributed by atoms with E-state index in [1.807, 2.05) is 0 Å². The first kappa shape index (κ1) is 32.0. The molecule has 4 atom stereocenters. The number of hydrogen-bond acceptors (Lipinski definition) is 9. The summed E-state index contributed by atoms with van der Waals surface area (Å²) >= 11 is 0. The van der Waals surface area contributed by atoms with Gasteiger partial charge in [0.25, 0.3) is 0 Å². The van der Waals surface area contributed by atoms with Gasteiger partial charge in [-0.15, -0.1) is 0 Å². The second-order valence-electron chi connectivity index (χ2n) is 10.8. The minimum atomic E-state index is -1.33. The van der Waals surface area contributed by atoms with Crippen LogP contribution in [-0.2, 0) is 16.0 Å².